The van der Waals surface area contributed by atoms with Crippen molar-refractivity contribution in [1.29, 1.82) is 0 Å². The van der Waals surface area contributed by atoms with E-state index in [1.807, 2.05) is 41.5 Å². The van der Waals surface area contributed by atoms with E-state index in [0.717, 1.165) is 0 Å². The number of hydrogen-bond acceptors (Lipinski definition) is 3. The zero-order chi connectivity index (χ0) is 15.0. The maximum atomic E-state index is 12.2. The lowest BCUT2D eigenvalue weighted by Crippen LogP contribution is -2.23. The zero-order valence-corrected chi connectivity index (χ0v) is 12.6. The summed E-state index contributed by atoms with van der Waals surface area (Å²) in [5, 5.41) is 0. The van der Waals surface area contributed by atoms with Crippen LogP contribution in [0, 0.1) is 10.8 Å². The van der Waals surface area contributed by atoms with Crippen LogP contribution >= 0.6 is 0 Å². The summed E-state index contributed by atoms with van der Waals surface area (Å²) in [5.74, 6) is 0.00807. The van der Waals surface area contributed by atoms with Gasteiger partial charge in [-0.15, -0.1) is 0 Å². The van der Waals surface area contributed by atoms with Gasteiger partial charge in [-0.1, -0.05) is 47.6 Å². The van der Waals surface area contributed by atoms with E-state index in [1.54, 1.807) is 18.2 Å². The van der Waals surface area contributed by atoms with E-state index in [9.17, 15) is 9.59 Å². The Balaban J connectivity index is 3.20. The van der Waals surface area contributed by atoms with Crippen LogP contribution < -0.4 is 5.73 Å². The highest BCUT2D eigenvalue weighted by Crippen LogP contribution is 2.27. The van der Waals surface area contributed by atoms with E-state index in [1.165, 1.54) is 0 Å². The second-order valence-electron chi connectivity index (χ2n) is 6.96. The largest absolute Gasteiger partial charge is 0.398 e. The van der Waals surface area contributed by atoms with Gasteiger partial charge in [-0.05, 0) is 12.1 Å². The Morgan fingerprint density at radius 2 is 1.37 bits per heavy atom. The van der Waals surface area contributed by atoms with Gasteiger partial charge in [-0.3, -0.25) is 9.59 Å². The van der Waals surface area contributed by atoms with Crippen molar-refractivity contribution in [2.24, 2.45) is 10.8 Å². The van der Waals surface area contributed by atoms with Gasteiger partial charge < -0.3 is 5.73 Å². The second-order valence-corrected chi connectivity index (χ2v) is 6.96. The number of benzene rings is 1. The molecule has 0 aliphatic carbocycles. The van der Waals surface area contributed by atoms with Crippen LogP contribution in [0.1, 0.15) is 62.3 Å². The predicted octanol–water partition coefficient (Wildman–Crippen LogP) is 3.73. The van der Waals surface area contributed by atoms with E-state index in [-0.39, 0.29) is 11.6 Å². The standard InChI is InChI=1S/C16H23NO2/c1-15(2,3)13(18)10-7-8-11(12(17)9-10)14(19)16(4,5)6/h7-9H,17H2,1-6H3. The van der Waals surface area contributed by atoms with Crippen molar-refractivity contribution in [3.05, 3.63) is 29.3 Å². The fourth-order valence-corrected chi connectivity index (χ4v) is 1.75. The third-order valence-corrected chi connectivity index (χ3v) is 2.92. The van der Waals surface area contributed by atoms with Crippen molar-refractivity contribution in [3.8, 4) is 0 Å². The van der Waals surface area contributed by atoms with Crippen LogP contribution in [0.5, 0.6) is 0 Å². The average Bonchev–Trinajstić information content (AvgIpc) is 2.24. The molecule has 3 nitrogen and oxygen atoms in total. The third-order valence-electron chi connectivity index (χ3n) is 2.92. The summed E-state index contributed by atoms with van der Waals surface area (Å²) in [7, 11) is 0. The number of Topliss-reactive ketones (excluding diaryl/α,β-unsaturated/α-hetero) is 2. The number of carbonyl (C=O) groups is 2. The Bertz CT molecular complexity index is 517. The Morgan fingerprint density at radius 1 is 0.895 bits per heavy atom. The number of anilines is 1. The minimum absolute atomic E-state index is 0.0141. The van der Waals surface area contributed by atoms with Gasteiger partial charge in [-0.2, -0.15) is 0 Å². The van der Waals surface area contributed by atoms with Crippen LogP contribution in [-0.4, -0.2) is 11.6 Å². The summed E-state index contributed by atoms with van der Waals surface area (Å²) in [5.41, 5.74) is 6.39. The van der Waals surface area contributed by atoms with Crippen LogP contribution in [0.4, 0.5) is 5.69 Å². The highest BCUT2D eigenvalue weighted by atomic mass is 16.1. The van der Waals surface area contributed by atoms with Crippen LogP contribution in [0.2, 0.25) is 0 Å². The van der Waals surface area contributed by atoms with Gasteiger partial charge in [0.05, 0.1) is 0 Å². The van der Waals surface area contributed by atoms with Crippen molar-refractivity contribution < 1.29 is 9.59 Å². The van der Waals surface area contributed by atoms with E-state index in [4.69, 9.17) is 5.73 Å². The quantitative estimate of drug-likeness (QED) is 0.652. The van der Waals surface area contributed by atoms with Gasteiger partial charge in [0.15, 0.2) is 11.6 Å². The van der Waals surface area contributed by atoms with Gasteiger partial charge in [0.1, 0.15) is 0 Å². The summed E-state index contributed by atoms with van der Waals surface area (Å²) in [6, 6.07) is 4.94. The van der Waals surface area contributed by atoms with Crippen molar-refractivity contribution in [3.63, 3.8) is 0 Å². The topological polar surface area (TPSA) is 60.2 Å². The molecule has 1 aromatic carbocycles. The first kappa shape index (κ1) is 15.4. The molecule has 0 aliphatic heterocycles. The van der Waals surface area contributed by atoms with Gasteiger partial charge >= 0.3 is 0 Å². The fraction of sp³-hybridized carbons (Fsp3) is 0.500. The normalized spacial score (nSPS) is 12.3. The van der Waals surface area contributed by atoms with E-state index in [0.29, 0.717) is 16.8 Å². The molecule has 0 amide bonds. The van der Waals surface area contributed by atoms with E-state index in [2.05, 4.69) is 0 Å². The lowest BCUT2D eigenvalue weighted by atomic mass is 9.83. The summed E-state index contributed by atoms with van der Waals surface area (Å²) >= 11 is 0. The Morgan fingerprint density at radius 3 is 1.74 bits per heavy atom. The van der Waals surface area contributed by atoms with Crippen molar-refractivity contribution >= 4 is 17.3 Å². The molecule has 0 fully saturated rings. The molecule has 0 saturated carbocycles. The lowest BCUT2D eigenvalue weighted by molar-refractivity contribution is 0.0849. The molecular weight excluding hydrogens is 238 g/mol. The average molecular weight is 261 g/mol. The number of nitrogen functional groups attached to an aromatic ring is 1. The smallest absolute Gasteiger partial charge is 0.170 e. The molecule has 0 unspecified atom stereocenters. The molecule has 0 radical (unpaired) electrons. The molecule has 1 rings (SSSR count). The van der Waals surface area contributed by atoms with Gasteiger partial charge in [0.2, 0.25) is 0 Å². The van der Waals surface area contributed by atoms with Crippen LogP contribution in [0.3, 0.4) is 0 Å². The Hall–Kier alpha value is -1.64. The molecule has 2 N–H and O–H groups in total. The second kappa shape index (κ2) is 4.80. The van der Waals surface area contributed by atoms with Crippen molar-refractivity contribution in [2.45, 2.75) is 41.5 Å². The molecular formula is C16H23NO2. The maximum absolute atomic E-state index is 12.2. The molecule has 19 heavy (non-hydrogen) atoms. The fourth-order valence-electron chi connectivity index (χ4n) is 1.75. The van der Waals surface area contributed by atoms with E-state index >= 15 is 0 Å². The molecule has 0 bridgehead atoms. The molecule has 0 aromatic heterocycles. The number of ketones is 2. The maximum Gasteiger partial charge on any atom is 0.170 e. The summed E-state index contributed by atoms with van der Waals surface area (Å²) in [4.78, 5) is 24.4. The number of carbonyl (C=O) groups excluding carboxylic acids is 2. The Labute approximate surface area is 115 Å². The first-order chi connectivity index (χ1) is 8.44. The first-order valence-electron chi connectivity index (χ1n) is 6.43. The van der Waals surface area contributed by atoms with Gasteiger partial charge in [0.25, 0.3) is 0 Å². The molecule has 0 spiro atoms. The third kappa shape index (κ3) is 3.43. The van der Waals surface area contributed by atoms with Gasteiger partial charge in [0, 0.05) is 27.6 Å². The van der Waals surface area contributed by atoms with Crippen molar-refractivity contribution in [2.75, 3.05) is 5.73 Å². The number of hydrogen-bond donors (Lipinski definition) is 1. The molecule has 0 heterocycles. The van der Waals surface area contributed by atoms with E-state index < -0.39 is 10.8 Å². The van der Waals surface area contributed by atoms with Gasteiger partial charge in [-0.25, -0.2) is 0 Å². The summed E-state index contributed by atoms with van der Waals surface area (Å²) < 4.78 is 0. The molecule has 1 aromatic rings. The van der Waals surface area contributed by atoms with Crippen LogP contribution in [0.25, 0.3) is 0 Å². The lowest BCUT2D eigenvalue weighted by Gasteiger charge is -2.20. The zero-order valence-electron chi connectivity index (χ0n) is 12.6. The first-order valence-corrected chi connectivity index (χ1v) is 6.43. The van der Waals surface area contributed by atoms with Crippen LogP contribution in [0.15, 0.2) is 18.2 Å². The molecule has 104 valence electrons. The predicted molar refractivity (Wildman–Crippen MR) is 78.4 cm³/mol. The minimum Gasteiger partial charge on any atom is -0.398 e. The van der Waals surface area contributed by atoms with Crippen molar-refractivity contribution in [1.82, 2.24) is 0 Å². The SMILES string of the molecule is CC(C)(C)C(=O)c1ccc(C(=O)C(C)(C)C)c(N)c1. The molecule has 0 saturated heterocycles. The molecule has 0 aliphatic rings. The van der Waals surface area contributed by atoms with Crippen LogP contribution in [-0.2, 0) is 0 Å². The molecule has 0 atom stereocenters. The monoisotopic (exact) mass is 261 g/mol. The highest BCUT2D eigenvalue weighted by molar-refractivity contribution is 6.06. The molecule has 3 heteroatoms. The summed E-state index contributed by atoms with van der Waals surface area (Å²) in [6.45, 7) is 11.1. The minimum atomic E-state index is -0.482. The summed E-state index contributed by atoms with van der Waals surface area (Å²) in [6.07, 6.45) is 0. The Kier molecular flexibility index (Phi) is 3.89. The highest BCUT2D eigenvalue weighted by Gasteiger charge is 2.27. The number of rotatable bonds is 2. The number of nitrogens with two attached hydrogens (primary N) is 1.